The van der Waals surface area contributed by atoms with Crippen LogP contribution in [-0.4, -0.2) is 11.2 Å². The Kier molecular flexibility index (Phi) is 3.13. The molecule has 1 fully saturated rings. The Morgan fingerprint density at radius 2 is 2.27 bits per heavy atom. The molecule has 0 aromatic carbocycles. The average molecular weight is 154 g/mol. The summed E-state index contributed by atoms with van der Waals surface area (Å²) in [5.41, 5.74) is 0. The van der Waals surface area contributed by atoms with Crippen LogP contribution in [0.15, 0.2) is 12.7 Å². The molecule has 0 amide bonds. The van der Waals surface area contributed by atoms with Gasteiger partial charge in [0.15, 0.2) is 0 Å². The zero-order valence-electron chi connectivity index (χ0n) is 7.29. The molecule has 0 heterocycles. The van der Waals surface area contributed by atoms with E-state index in [0.29, 0.717) is 11.8 Å². The molecule has 1 aliphatic carbocycles. The summed E-state index contributed by atoms with van der Waals surface area (Å²) in [6.07, 6.45) is 6.28. The second-order valence-electron chi connectivity index (χ2n) is 3.66. The highest BCUT2D eigenvalue weighted by Gasteiger charge is 2.27. The number of rotatable bonds is 2. The fourth-order valence-corrected chi connectivity index (χ4v) is 2.04. The molecule has 0 radical (unpaired) electrons. The van der Waals surface area contributed by atoms with Crippen LogP contribution in [0, 0.1) is 11.8 Å². The van der Waals surface area contributed by atoms with Crippen LogP contribution >= 0.6 is 0 Å². The lowest BCUT2D eigenvalue weighted by Crippen LogP contribution is -2.30. The van der Waals surface area contributed by atoms with Gasteiger partial charge in [-0.25, -0.2) is 0 Å². The molecule has 1 rings (SSSR count). The number of allylic oxidation sites excluding steroid dienone is 1. The van der Waals surface area contributed by atoms with E-state index in [2.05, 4.69) is 13.5 Å². The van der Waals surface area contributed by atoms with E-state index >= 15 is 0 Å². The fraction of sp³-hybridized carbons (Fsp3) is 0.800. The maximum Gasteiger partial charge on any atom is 0.0573 e. The topological polar surface area (TPSA) is 20.2 Å². The van der Waals surface area contributed by atoms with Gasteiger partial charge < -0.3 is 5.11 Å². The van der Waals surface area contributed by atoms with Gasteiger partial charge in [-0.1, -0.05) is 25.8 Å². The van der Waals surface area contributed by atoms with E-state index < -0.39 is 0 Å². The summed E-state index contributed by atoms with van der Waals surface area (Å²) >= 11 is 0. The summed E-state index contributed by atoms with van der Waals surface area (Å²) in [7, 11) is 0. The van der Waals surface area contributed by atoms with Crippen molar-refractivity contribution in [1.29, 1.82) is 0 Å². The molecule has 0 spiro atoms. The molecule has 11 heavy (non-hydrogen) atoms. The second-order valence-corrected chi connectivity index (χ2v) is 3.66. The minimum absolute atomic E-state index is 0.0725. The van der Waals surface area contributed by atoms with Gasteiger partial charge in [-0.3, -0.25) is 0 Å². The molecule has 1 heteroatoms. The summed E-state index contributed by atoms with van der Waals surface area (Å²) in [6.45, 7) is 5.95. The van der Waals surface area contributed by atoms with Crippen molar-refractivity contribution in [2.75, 3.05) is 0 Å². The lowest BCUT2D eigenvalue weighted by atomic mass is 9.77. The zero-order chi connectivity index (χ0) is 8.27. The van der Waals surface area contributed by atoms with Crippen molar-refractivity contribution in [1.82, 2.24) is 0 Å². The number of aliphatic hydroxyl groups excluding tert-OH is 1. The van der Waals surface area contributed by atoms with E-state index in [-0.39, 0.29) is 6.10 Å². The van der Waals surface area contributed by atoms with Gasteiger partial charge in [-0.2, -0.15) is 0 Å². The van der Waals surface area contributed by atoms with Gasteiger partial charge >= 0.3 is 0 Å². The van der Waals surface area contributed by atoms with Crippen LogP contribution in [0.5, 0.6) is 0 Å². The quantitative estimate of drug-likeness (QED) is 0.605. The Balaban J connectivity index is 2.47. The van der Waals surface area contributed by atoms with Gasteiger partial charge in [0.2, 0.25) is 0 Å². The van der Waals surface area contributed by atoms with Crippen LogP contribution in [0.1, 0.15) is 32.6 Å². The van der Waals surface area contributed by atoms with Crippen molar-refractivity contribution < 1.29 is 5.11 Å². The minimum atomic E-state index is -0.0725. The van der Waals surface area contributed by atoms with Gasteiger partial charge in [0.1, 0.15) is 0 Å². The Labute approximate surface area is 69.1 Å². The molecule has 1 aliphatic rings. The number of hydrogen-bond donors (Lipinski definition) is 1. The van der Waals surface area contributed by atoms with Crippen molar-refractivity contribution in [2.45, 2.75) is 38.7 Å². The summed E-state index contributed by atoms with van der Waals surface area (Å²) in [4.78, 5) is 0. The molecule has 1 N–H and O–H groups in total. The van der Waals surface area contributed by atoms with Crippen LogP contribution < -0.4 is 0 Å². The summed E-state index contributed by atoms with van der Waals surface area (Å²) in [5, 5.41) is 9.62. The standard InChI is InChI=1S/C10H18O/c1-3-5-9-8(2)6-4-7-10(9)11/h3,8-11H,1,4-7H2,2H3. The lowest BCUT2D eigenvalue weighted by molar-refractivity contribution is 0.0401. The molecule has 0 bridgehead atoms. The first-order valence-electron chi connectivity index (χ1n) is 4.54. The van der Waals surface area contributed by atoms with Crippen LogP contribution in [0.3, 0.4) is 0 Å². The average Bonchev–Trinajstić information content (AvgIpc) is 1.97. The third-order valence-electron chi connectivity index (χ3n) is 2.82. The number of hydrogen-bond acceptors (Lipinski definition) is 1. The summed E-state index contributed by atoms with van der Waals surface area (Å²) in [5.74, 6) is 1.15. The lowest BCUT2D eigenvalue weighted by Gasteiger charge is -2.32. The van der Waals surface area contributed by atoms with Gasteiger partial charge in [0, 0.05) is 0 Å². The zero-order valence-corrected chi connectivity index (χ0v) is 7.29. The maximum absolute atomic E-state index is 9.62. The van der Waals surface area contributed by atoms with E-state index in [4.69, 9.17) is 0 Å². The third-order valence-corrected chi connectivity index (χ3v) is 2.82. The molecular formula is C10H18O. The predicted octanol–water partition coefficient (Wildman–Crippen LogP) is 2.36. The fourth-order valence-electron chi connectivity index (χ4n) is 2.04. The first-order chi connectivity index (χ1) is 5.25. The van der Waals surface area contributed by atoms with E-state index in [9.17, 15) is 5.11 Å². The highest BCUT2D eigenvalue weighted by atomic mass is 16.3. The van der Waals surface area contributed by atoms with Crippen molar-refractivity contribution in [3.63, 3.8) is 0 Å². The van der Waals surface area contributed by atoms with E-state index in [1.165, 1.54) is 12.8 Å². The van der Waals surface area contributed by atoms with Gasteiger partial charge in [-0.15, -0.1) is 6.58 Å². The normalized spacial score (nSPS) is 38.5. The SMILES string of the molecule is C=CCC1C(C)CCCC1O. The Hall–Kier alpha value is -0.300. The van der Waals surface area contributed by atoms with Crippen molar-refractivity contribution in [3.05, 3.63) is 12.7 Å². The highest BCUT2D eigenvalue weighted by Crippen LogP contribution is 2.32. The molecule has 1 saturated carbocycles. The first kappa shape index (κ1) is 8.79. The van der Waals surface area contributed by atoms with Crippen LogP contribution in [0.2, 0.25) is 0 Å². The Morgan fingerprint density at radius 3 is 2.82 bits per heavy atom. The Bertz CT molecular complexity index is 121. The van der Waals surface area contributed by atoms with Crippen LogP contribution in [0.4, 0.5) is 0 Å². The van der Waals surface area contributed by atoms with E-state index in [1.54, 1.807) is 0 Å². The van der Waals surface area contributed by atoms with Crippen LogP contribution in [-0.2, 0) is 0 Å². The van der Waals surface area contributed by atoms with Crippen LogP contribution in [0.25, 0.3) is 0 Å². The van der Waals surface area contributed by atoms with Gasteiger partial charge in [0.25, 0.3) is 0 Å². The van der Waals surface area contributed by atoms with Crippen molar-refractivity contribution >= 4 is 0 Å². The third kappa shape index (κ3) is 2.06. The molecule has 0 aromatic heterocycles. The Morgan fingerprint density at radius 1 is 1.55 bits per heavy atom. The number of aliphatic hydroxyl groups is 1. The molecule has 0 aromatic rings. The molecule has 1 nitrogen and oxygen atoms in total. The van der Waals surface area contributed by atoms with Crippen molar-refractivity contribution in [3.8, 4) is 0 Å². The largest absolute Gasteiger partial charge is 0.393 e. The molecule has 0 saturated heterocycles. The first-order valence-corrected chi connectivity index (χ1v) is 4.54. The van der Waals surface area contributed by atoms with E-state index in [0.717, 1.165) is 12.8 Å². The van der Waals surface area contributed by atoms with Crippen molar-refractivity contribution in [2.24, 2.45) is 11.8 Å². The minimum Gasteiger partial charge on any atom is -0.393 e. The predicted molar refractivity (Wildman–Crippen MR) is 47.3 cm³/mol. The maximum atomic E-state index is 9.62. The molecule has 64 valence electrons. The molecule has 3 atom stereocenters. The van der Waals surface area contributed by atoms with Gasteiger partial charge in [0.05, 0.1) is 6.10 Å². The smallest absolute Gasteiger partial charge is 0.0573 e. The summed E-state index contributed by atoms with van der Waals surface area (Å²) < 4.78 is 0. The van der Waals surface area contributed by atoms with Gasteiger partial charge in [-0.05, 0) is 24.7 Å². The summed E-state index contributed by atoms with van der Waals surface area (Å²) in [6, 6.07) is 0. The molecular weight excluding hydrogens is 136 g/mol. The monoisotopic (exact) mass is 154 g/mol. The highest BCUT2D eigenvalue weighted by molar-refractivity contribution is 4.84. The second kappa shape index (κ2) is 3.91. The molecule has 0 aliphatic heterocycles. The van der Waals surface area contributed by atoms with E-state index in [1.807, 2.05) is 6.08 Å². The molecule has 3 unspecified atom stereocenters.